The zero-order valence-corrected chi connectivity index (χ0v) is 42.4. The minimum atomic E-state index is -3.59. The molecule has 12 heteroatoms. The van der Waals surface area contributed by atoms with Crippen molar-refractivity contribution in [2.75, 3.05) is 31.6 Å². The van der Waals surface area contributed by atoms with E-state index in [9.17, 15) is 24.1 Å². The molecule has 1 unspecified atom stereocenters. The van der Waals surface area contributed by atoms with Crippen molar-refractivity contribution in [2.24, 2.45) is 50.2 Å². The lowest BCUT2D eigenvalue weighted by Crippen LogP contribution is -2.66. The molecule has 0 heterocycles. The minimum absolute atomic E-state index is 0.0488. The molecule has 0 radical (unpaired) electrons. The second-order valence-electron chi connectivity index (χ2n) is 21.9. The Hall–Kier alpha value is -2.82. The van der Waals surface area contributed by atoms with Crippen LogP contribution < -0.4 is 16.0 Å². The van der Waals surface area contributed by atoms with Gasteiger partial charge in [-0.2, -0.15) is 0 Å². The molecule has 0 spiro atoms. The van der Waals surface area contributed by atoms with E-state index in [1.807, 2.05) is 48.5 Å². The fraction of sp³-hybridized carbons (Fsp3) is 0.673. The normalized spacial score (nSPS) is 34.8. The third-order valence-corrected chi connectivity index (χ3v) is 20.6. The number of allylic oxidation sites excluding steroid dienone is 2. The molecule has 5 aliphatic rings. The Labute approximate surface area is 391 Å². The number of carbonyl (C=O) groups excluding carboxylic acids is 3. The number of aliphatic hydroxyl groups is 1. The number of halogens is 1. The fourth-order valence-electron chi connectivity index (χ4n) is 13.8. The van der Waals surface area contributed by atoms with Crippen LogP contribution in [-0.4, -0.2) is 55.1 Å². The van der Waals surface area contributed by atoms with Gasteiger partial charge >= 0.3 is 7.60 Å². The second kappa shape index (κ2) is 18.3. The first kappa shape index (κ1) is 49.1. The zero-order chi connectivity index (χ0) is 46.5. The Morgan fingerprint density at radius 1 is 0.875 bits per heavy atom. The summed E-state index contributed by atoms with van der Waals surface area (Å²) in [6, 6.07) is 15.0. The molecule has 5 aliphatic carbocycles. The quantitative estimate of drug-likeness (QED) is 0.102. The molecule has 10 nitrogen and oxygen atoms in total. The van der Waals surface area contributed by atoms with E-state index in [2.05, 4.69) is 86.4 Å². The number of hydrogen-bond acceptors (Lipinski definition) is 8. The van der Waals surface area contributed by atoms with Crippen LogP contribution in [0.4, 0.5) is 5.69 Å². The molecule has 0 saturated heterocycles. The molecule has 0 aromatic heterocycles. The molecular formula is C52H75BrN3O7P. The van der Waals surface area contributed by atoms with Gasteiger partial charge in [-0.3, -0.25) is 18.9 Å². The molecule has 2 aromatic carbocycles. The molecule has 7 rings (SSSR count). The monoisotopic (exact) mass is 963 g/mol. The molecule has 352 valence electrons. The summed E-state index contributed by atoms with van der Waals surface area (Å²) in [6.45, 7) is 21.1. The van der Waals surface area contributed by atoms with Gasteiger partial charge in [0, 0.05) is 34.6 Å². The van der Waals surface area contributed by atoms with E-state index in [4.69, 9.17) is 9.05 Å². The topological polar surface area (TPSA) is 143 Å². The first-order chi connectivity index (χ1) is 30.1. The Morgan fingerprint density at radius 3 is 2.22 bits per heavy atom. The predicted octanol–water partition coefficient (Wildman–Crippen LogP) is 11.3. The molecule has 4 fully saturated rings. The van der Waals surface area contributed by atoms with Crippen LogP contribution in [0.5, 0.6) is 0 Å². The van der Waals surface area contributed by atoms with Crippen molar-refractivity contribution in [2.45, 2.75) is 145 Å². The largest absolute Gasteiger partial charge is 0.393 e. The molecule has 64 heavy (non-hydrogen) atoms. The first-order valence-corrected chi connectivity index (χ1v) is 26.5. The van der Waals surface area contributed by atoms with Crippen LogP contribution >= 0.6 is 23.5 Å². The number of rotatable bonds is 15. The van der Waals surface area contributed by atoms with E-state index in [0.717, 1.165) is 73.4 Å². The van der Waals surface area contributed by atoms with Crippen molar-refractivity contribution in [3.05, 3.63) is 75.8 Å². The highest BCUT2D eigenvalue weighted by Crippen LogP contribution is 2.75. The molecule has 4 N–H and O–H groups in total. The number of anilines is 1. The highest BCUT2D eigenvalue weighted by molar-refractivity contribution is 9.10. The van der Waals surface area contributed by atoms with Crippen molar-refractivity contribution in [1.29, 1.82) is 0 Å². The van der Waals surface area contributed by atoms with Gasteiger partial charge in [0.25, 0.3) is 0 Å². The van der Waals surface area contributed by atoms with Gasteiger partial charge in [-0.25, -0.2) is 0 Å². The Balaban J connectivity index is 0.934. The highest BCUT2D eigenvalue weighted by atomic mass is 79.9. The Bertz CT molecular complexity index is 2150. The highest BCUT2D eigenvalue weighted by Gasteiger charge is 2.70. The lowest BCUT2D eigenvalue weighted by Gasteiger charge is -2.70. The van der Waals surface area contributed by atoms with Crippen molar-refractivity contribution in [3.63, 3.8) is 0 Å². The maximum atomic E-state index is 14.7. The fourth-order valence-corrected chi connectivity index (χ4v) is 16.1. The van der Waals surface area contributed by atoms with Gasteiger partial charge in [-0.15, -0.1) is 0 Å². The summed E-state index contributed by atoms with van der Waals surface area (Å²) in [5, 5.41) is 20.7. The van der Waals surface area contributed by atoms with Crippen LogP contribution in [0.1, 0.15) is 143 Å². The standard InChI is InChI=1S/C52H75BrN3O7P/c1-10-62-64(61,63-11-2)45(35-14-12-15-36(53)31-35)56-37-18-16-34(17-19-37)30-43(59)54-28-13-29-55-46(60)49(6)25-24-48(5)26-27-51(8)38(39(48)33-49)32-40(57)44-50(7)22-21-42(58)47(3,4)41(50)20-23-52(44,51)9/h12,14-19,31-32,39,41-42,44-45,56,58H,10-11,13,20-30,33H2,1-9H3,(H,54,59)(H,55,60)/t39-,41-,42-,44+,45?,48+,49-,50-,51+,52+/m0/s1. The smallest absolute Gasteiger partial charge is 0.357 e. The summed E-state index contributed by atoms with van der Waals surface area (Å²) in [6.07, 6.45) is 10.9. The summed E-state index contributed by atoms with van der Waals surface area (Å²) in [5.74, 6) is -0.108. The number of nitrogens with one attached hydrogen (secondary N) is 3. The van der Waals surface area contributed by atoms with Gasteiger partial charge in [0.05, 0.1) is 25.7 Å². The maximum absolute atomic E-state index is 14.7. The van der Waals surface area contributed by atoms with E-state index in [-0.39, 0.29) is 82.2 Å². The number of hydrogen-bond donors (Lipinski definition) is 4. The van der Waals surface area contributed by atoms with E-state index >= 15 is 0 Å². The first-order valence-electron chi connectivity index (χ1n) is 24.1. The number of amides is 2. The lowest BCUT2D eigenvalue weighted by atomic mass is 9.33. The van der Waals surface area contributed by atoms with Crippen LogP contribution in [0.25, 0.3) is 0 Å². The average molecular weight is 965 g/mol. The number of carbonyl (C=O) groups is 3. The van der Waals surface area contributed by atoms with Crippen LogP contribution in [0.3, 0.4) is 0 Å². The lowest BCUT2D eigenvalue weighted by molar-refractivity contribution is -0.202. The molecule has 10 atom stereocenters. The van der Waals surface area contributed by atoms with E-state index in [0.29, 0.717) is 31.1 Å². The van der Waals surface area contributed by atoms with Gasteiger partial charge < -0.3 is 30.1 Å². The summed E-state index contributed by atoms with van der Waals surface area (Å²) >= 11 is 3.52. The third kappa shape index (κ3) is 8.76. The van der Waals surface area contributed by atoms with E-state index in [1.165, 1.54) is 5.57 Å². The van der Waals surface area contributed by atoms with Crippen molar-refractivity contribution < 1.29 is 33.1 Å². The Kier molecular flexibility index (Phi) is 14.1. The van der Waals surface area contributed by atoms with Gasteiger partial charge in [-0.05, 0) is 158 Å². The number of ketones is 1. The van der Waals surface area contributed by atoms with Crippen molar-refractivity contribution in [1.82, 2.24) is 10.6 Å². The van der Waals surface area contributed by atoms with Gasteiger partial charge in [0.15, 0.2) is 11.6 Å². The van der Waals surface area contributed by atoms with Gasteiger partial charge in [0.2, 0.25) is 11.8 Å². The van der Waals surface area contributed by atoms with Crippen molar-refractivity contribution >= 4 is 46.8 Å². The van der Waals surface area contributed by atoms with Gasteiger partial charge in [0.1, 0.15) is 0 Å². The molecule has 0 aliphatic heterocycles. The van der Waals surface area contributed by atoms with E-state index in [1.54, 1.807) is 13.8 Å². The number of aliphatic hydroxyl groups excluding tert-OH is 1. The van der Waals surface area contributed by atoms with Crippen LogP contribution in [0.15, 0.2) is 64.7 Å². The Morgan fingerprint density at radius 2 is 1.55 bits per heavy atom. The maximum Gasteiger partial charge on any atom is 0.357 e. The molecule has 0 bridgehead atoms. The summed E-state index contributed by atoms with van der Waals surface area (Å²) in [4.78, 5) is 41.8. The predicted molar refractivity (Wildman–Crippen MR) is 258 cm³/mol. The molecule has 2 amide bonds. The minimum Gasteiger partial charge on any atom is -0.393 e. The zero-order valence-electron chi connectivity index (χ0n) is 39.9. The summed E-state index contributed by atoms with van der Waals surface area (Å²) in [5.41, 5.74) is 2.42. The molecule has 4 saturated carbocycles. The van der Waals surface area contributed by atoms with Crippen LogP contribution in [0.2, 0.25) is 0 Å². The van der Waals surface area contributed by atoms with Crippen LogP contribution in [-0.2, 0) is 34.4 Å². The molecule has 2 aromatic rings. The van der Waals surface area contributed by atoms with E-state index < -0.39 is 18.8 Å². The van der Waals surface area contributed by atoms with Gasteiger partial charge in [-0.1, -0.05) is 94.2 Å². The summed E-state index contributed by atoms with van der Waals surface area (Å²) in [7, 11) is -3.59. The SMILES string of the molecule is CCOP(=O)(OCC)C(Nc1ccc(CC(=O)NCCCNC(=O)[C@@]2(C)CC[C@]3(C)CC[C@]4(C)C(=CC(=O)[C@@H]5[C@@]6(C)CC[C@H](O)C(C)(C)[C@@H]6CC[C@]54C)[C@@H]3C2)cc1)c1cccc(Br)c1. The average Bonchev–Trinajstić information content (AvgIpc) is 3.23. The second-order valence-corrected chi connectivity index (χ2v) is 25.0. The van der Waals surface area contributed by atoms with Crippen molar-refractivity contribution in [3.8, 4) is 0 Å². The third-order valence-electron chi connectivity index (χ3n) is 17.8. The molecular weight excluding hydrogens is 889 g/mol. The van der Waals surface area contributed by atoms with Crippen LogP contribution in [0, 0.1) is 50.2 Å². The number of benzene rings is 2. The summed E-state index contributed by atoms with van der Waals surface area (Å²) < 4.78 is 26.2. The number of fused-ring (bicyclic) bond motifs is 7.